The van der Waals surface area contributed by atoms with Crippen LogP contribution in [0, 0.1) is 0 Å². The Balaban J connectivity index is 1.48. The van der Waals surface area contributed by atoms with Crippen molar-refractivity contribution in [3.05, 3.63) is 54.2 Å². The number of aliphatic hydroxyl groups is 1. The highest BCUT2D eigenvalue weighted by molar-refractivity contribution is 5.31. The fraction of sp³-hybridized carbons (Fsp3) is 0.412. The minimum absolute atomic E-state index is 0.0775. The van der Waals surface area contributed by atoms with Crippen molar-refractivity contribution in [3.8, 4) is 0 Å². The maximum absolute atomic E-state index is 10.4. The number of nitrogens with zero attached hydrogens (tertiary/aromatic N) is 3. The van der Waals surface area contributed by atoms with Crippen LogP contribution in [0.2, 0.25) is 0 Å². The first-order chi connectivity index (χ1) is 11.3. The van der Waals surface area contributed by atoms with Gasteiger partial charge in [0.1, 0.15) is 5.82 Å². The van der Waals surface area contributed by atoms with Crippen LogP contribution >= 0.6 is 0 Å². The number of aliphatic hydroxyl groups excluding tert-OH is 1. The lowest BCUT2D eigenvalue weighted by molar-refractivity contribution is -0.0344. The normalized spacial score (nSPS) is 20.1. The molecule has 0 bridgehead atoms. The number of ether oxygens (including phenoxy) is 1. The van der Waals surface area contributed by atoms with Crippen LogP contribution in [0.4, 0.5) is 5.82 Å². The van der Waals surface area contributed by atoms with Crippen LogP contribution in [0.5, 0.6) is 0 Å². The Morgan fingerprint density at radius 1 is 1.26 bits per heavy atom. The van der Waals surface area contributed by atoms with E-state index in [4.69, 9.17) is 4.74 Å². The Morgan fingerprint density at radius 3 is 2.91 bits per heavy atom. The summed E-state index contributed by atoms with van der Waals surface area (Å²) in [6.07, 6.45) is 1.26. The number of rotatable bonds is 6. The van der Waals surface area contributed by atoms with E-state index in [0.717, 1.165) is 24.5 Å². The van der Waals surface area contributed by atoms with Crippen molar-refractivity contribution in [1.29, 1.82) is 0 Å². The minimum atomic E-state index is -0.470. The highest BCUT2D eigenvalue weighted by Gasteiger charge is 2.22. The number of benzene rings is 1. The molecular weight excluding hydrogens is 292 g/mol. The Morgan fingerprint density at radius 2 is 2.13 bits per heavy atom. The van der Waals surface area contributed by atoms with E-state index in [0.29, 0.717) is 19.7 Å². The largest absolute Gasteiger partial charge is 0.387 e. The molecule has 1 aliphatic heterocycles. The second-order valence-electron chi connectivity index (χ2n) is 5.67. The van der Waals surface area contributed by atoms with Gasteiger partial charge in [0.15, 0.2) is 0 Å². The summed E-state index contributed by atoms with van der Waals surface area (Å²) in [6, 6.07) is 13.5. The van der Waals surface area contributed by atoms with Crippen LogP contribution in [0.3, 0.4) is 0 Å². The zero-order valence-electron chi connectivity index (χ0n) is 13.0. The summed E-state index contributed by atoms with van der Waals surface area (Å²) in [4.78, 5) is 2.24. The van der Waals surface area contributed by atoms with Gasteiger partial charge in [-0.1, -0.05) is 30.3 Å². The molecule has 0 saturated carbocycles. The van der Waals surface area contributed by atoms with Gasteiger partial charge in [0.2, 0.25) is 0 Å². The van der Waals surface area contributed by atoms with Crippen LogP contribution in [0.15, 0.2) is 48.7 Å². The molecule has 2 N–H and O–H groups in total. The summed E-state index contributed by atoms with van der Waals surface area (Å²) < 4.78 is 5.78. The van der Waals surface area contributed by atoms with Crippen LogP contribution in [-0.4, -0.2) is 59.1 Å². The van der Waals surface area contributed by atoms with Crippen LogP contribution in [0.25, 0.3) is 0 Å². The van der Waals surface area contributed by atoms with E-state index in [1.54, 1.807) is 6.20 Å². The molecule has 0 spiro atoms. The van der Waals surface area contributed by atoms with E-state index in [9.17, 15) is 5.11 Å². The van der Waals surface area contributed by atoms with E-state index in [1.807, 2.05) is 42.5 Å². The van der Waals surface area contributed by atoms with Gasteiger partial charge in [-0.3, -0.25) is 4.90 Å². The fourth-order valence-corrected chi connectivity index (χ4v) is 2.71. The first kappa shape index (κ1) is 15.9. The third-order valence-corrected chi connectivity index (χ3v) is 3.92. The van der Waals surface area contributed by atoms with Crippen LogP contribution in [-0.2, 0) is 4.74 Å². The predicted octanol–water partition coefficient (Wildman–Crippen LogP) is 1.32. The molecule has 3 rings (SSSR count). The van der Waals surface area contributed by atoms with Gasteiger partial charge in [-0.15, -0.1) is 5.10 Å². The minimum Gasteiger partial charge on any atom is -0.387 e. The van der Waals surface area contributed by atoms with Crippen molar-refractivity contribution in [1.82, 2.24) is 15.1 Å². The molecule has 1 fully saturated rings. The van der Waals surface area contributed by atoms with E-state index >= 15 is 0 Å². The molecule has 23 heavy (non-hydrogen) atoms. The summed E-state index contributed by atoms with van der Waals surface area (Å²) >= 11 is 0. The predicted molar refractivity (Wildman–Crippen MR) is 88.1 cm³/mol. The third kappa shape index (κ3) is 4.72. The van der Waals surface area contributed by atoms with E-state index in [-0.39, 0.29) is 6.10 Å². The quantitative estimate of drug-likeness (QED) is 0.838. The summed E-state index contributed by atoms with van der Waals surface area (Å²) in [5.74, 6) is 0.748. The zero-order valence-corrected chi connectivity index (χ0v) is 13.0. The zero-order chi connectivity index (χ0) is 15.9. The van der Waals surface area contributed by atoms with Crippen molar-refractivity contribution in [2.45, 2.75) is 12.2 Å². The highest BCUT2D eigenvalue weighted by Crippen LogP contribution is 2.16. The number of aromatic nitrogens is 2. The molecule has 1 aromatic heterocycles. The fourth-order valence-electron chi connectivity index (χ4n) is 2.71. The summed E-state index contributed by atoms with van der Waals surface area (Å²) in [5.41, 5.74) is 0.952. The molecule has 0 amide bonds. The molecule has 122 valence electrons. The average Bonchev–Trinajstić information content (AvgIpc) is 2.62. The maximum Gasteiger partial charge on any atom is 0.148 e. The Labute approximate surface area is 136 Å². The lowest BCUT2D eigenvalue weighted by Crippen LogP contribution is -2.46. The first-order valence-corrected chi connectivity index (χ1v) is 7.90. The Bertz CT molecular complexity index is 582. The second kappa shape index (κ2) is 8.01. The van der Waals surface area contributed by atoms with E-state index in [1.165, 1.54) is 0 Å². The summed E-state index contributed by atoms with van der Waals surface area (Å²) in [7, 11) is 0. The average molecular weight is 314 g/mol. The van der Waals surface area contributed by atoms with Gasteiger partial charge >= 0.3 is 0 Å². The third-order valence-electron chi connectivity index (χ3n) is 3.92. The number of hydrogen-bond acceptors (Lipinski definition) is 6. The van der Waals surface area contributed by atoms with Gasteiger partial charge in [0.05, 0.1) is 18.8 Å². The molecule has 0 radical (unpaired) electrons. The van der Waals surface area contributed by atoms with Crippen molar-refractivity contribution in [3.63, 3.8) is 0 Å². The van der Waals surface area contributed by atoms with Crippen LogP contribution < -0.4 is 5.32 Å². The molecule has 1 aromatic carbocycles. The summed E-state index contributed by atoms with van der Waals surface area (Å²) in [6.45, 7) is 3.60. The van der Waals surface area contributed by atoms with Gasteiger partial charge in [0, 0.05) is 32.4 Å². The van der Waals surface area contributed by atoms with Gasteiger partial charge in [-0.2, -0.15) is 5.10 Å². The standard InChI is InChI=1S/C17H22N4O2/c22-16(14-5-2-1-3-6-14)13-21-9-10-23-15(12-21)11-18-17-7-4-8-19-20-17/h1-8,15-16,22H,9-13H2,(H,18,20)/t15-,16+/m1/s1. The molecule has 2 aromatic rings. The maximum atomic E-state index is 10.4. The number of β-amino-alcohol motifs (C(OH)–C–C–N with tert-alkyl or cyclic N) is 1. The molecule has 6 heteroatoms. The molecule has 0 unspecified atom stereocenters. The molecule has 1 saturated heterocycles. The van der Waals surface area contributed by atoms with Crippen molar-refractivity contribution >= 4 is 5.82 Å². The van der Waals surface area contributed by atoms with Gasteiger partial charge < -0.3 is 15.2 Å². The van der Waals surface area contributed by atoms with Gasteiger partial charge in [-0.05, 0) is 17.7 Å². The molecule has 1 aliphatic rings. The summed E-state index contributed by atoms with van der Waals surface area (Å²) in [5, 5.41) is 21.4. The smallest absolute Gasteiger partial charge is 0.148 e. The number of nitrogens with one attached hydrogen (secondary N) is 1. The molecular formula is C17H22N4O2. The SMILES string of the molecule is O[C@@H](CN1CCO[C@H](CNc2cccnn2)C1)c1ccccc1. The number of hydrogen-bond donors (Lipinski definition) is 2. The number of anilines is 1. The topological polar surface area (TPSA) is 70.5 Å². The van der Waals surface area contributed by atoms with E-state index in [2.05, 4.69) is 20.4 Å². The second-order valence-corrected chi connectivity index (χ2v) is 5.67. The Kier molecular flexibility index (Phi) is 5.52. The Hall–Kier alpha value is -2.02. The van der Waals surface area contributed by atoms with Crippen molar-refractivity contribution in [2.75, 3.05) is 38.1 Å². The lowest BCUT2D eigenvalue weighted by Gasteiger charge is -2.34. The highest BCUT2D eigenvalue weighted by atomic mass is 16.5. The molecule has 6 nitrogen and oxygen atoms in total. The van der Waals surface area contributed by atoms with Gasteiger partial charge in [-0.25, -0.2) is 0 Å². The van der Waals surface area contributed by atoms with Gasteiger partial charge in [0.25, 0.3) is 0 Å². The lowest BCUT2D eigenvalue weighted by atomic mass is 10.1. The molecule has 2 heterocycles. The monoisotopic (exact) mass is 314 g/mol. The first-order valence-electron chi connectivity index (χ1n) is 7.90. The van der Waals surface area contributed by atoms with Crippen LogP contribution in [0.1, 0.15) is 11.7 Å². The van der Waals surface area contributed by atoms with Crippen molar-refractivity contribution < 1.29 is 9.84 Å². The molecule has 2 atom stereocenters. The number of morpholine rings is 1. The van der Waals surface area contributed by atoms with E-state index < -0.39 is 6.10 Å². The molecule has 0 aliphatic carbocycles. The van der Waals surface area contributed by atoms with Crippen molar-refractivity contribution in [2.24, 2.45) is 0 Å².